The van der Waals surface area contributed by atoms with Gasteiger partial charge in [-0.2, -0.15) is 0 Å². The minimum absolute atomic E-state index is 0.126. The highest BCUT2D eigenvalue weighted by Crippen LogP contribution is 2.46. The van der Waals surface area contributed by atoms with E-state index in [0.29, 0.717) is 12.8 Å². The number of ether oxygens (including phenoxy) is 2. The Balaban J connectivity index is 1.85. The lowest BCUT2D eigenvalue weighted by atomic mass is 9.64. The van der Waals surface area contributed by atoms with Gasteiger partial charge in [0, 0.05) is 13.7 Å². The topological polar surface area (TPSA) is 143 Å². The molecule has 2 rings (SSSR count). The van der Waals surface area contributed by atoms with Crippen LogP contribution in [0.25, 0.3) is 0 Å². The van der Waals surface area contributed by atoms with Gasteiger partial charge in [0.25, 0.3) is 11.8 Å². The van der Waals surface area contributed by atoms with Crippen molar-refractivity contribution in [1.29, 1.82) is 0 Å². The molecule has 6 amide bonds. The van der Waals surface area contributed by atoms with E-state index in [1.54, 1.807) is 0 Å². The molecule has 0 aromatic rings. The summed E-state index contributed by atoms with van der Waals surface area (Å²) in [5, 5.41) is 7.12. The van der Waals surface area contributed by atoms with Crippen LogP contribution in [0.2, 0.25) is 0 Å². The molecule has 1 heterocycles. The number of amides is 6. The Kier molecular flexibility index (Phi) is 7.40. The van der Waals surface area contributed by atoms with Crippen LogP contribution in [0.4, 0.5) is 9.59 Å². The molecule has 2 atom stereocenters. The normalized spacial score (nSPS) is 25.1. The molecule has 1 aliphatic heterocycles. The van der Waals surface area contributed by atoms with Crippen LogP contribution in [-0.4, -0.2) is 73.7 Å². The first-order chi connectivity index (χ1) is 14.0. The fourth-order valence-corrected chi connectivity index (χ4v) is 4.44. The molecule has 11 nitrogen and oxygen atoms in total. The van der Waals surface area contributed by atoms with Gasteiger partial charge >= 0.3 is 18.0 Å². The second kappa shape index (κ2) is 9.41. The minimum atomic E-state index is -1.02. The summed E-state index contributed by atoms with van der Waals surface area (Å²) in [5.41, 5.74) is -1.14. The van der Waals surface area contributed by atoms with E-state index in [2.05, 4.69) is 10.6 Å². The van der Waals surface area contributed by atoms with Crippen molar-refractivity contribution in [2.45, 2.75) is 45.6 Å². The molecule has 11 heteroatoms. The first kappa shape index (κ1) is 23.6. The Morgan fingerprint density at radius 1 is 1.23 bits per heavy atom. The van der Waals surface area contributed by atoms with Crippen molar-refractivity contribution in [3.63, 3.8) is 0 Å². The highest BCUT2D eigenvalue weighted by Gasteiger charge is 2.56. The molecule has 1 aliphatic carbocycles. The predicted molar refractivity (Wildman–Crippen MR) is 104 cm³/mol. The lowest BCUT2D eigenvalue weighted by Crippen LogP contribution is -2.54. The third-order valence-corrected chi connectivity index (χ3v) is 5.12. The molecule has 2 unspecified atom stereocenters. The molecule has 0 aromatic heterocycles. The van der Waals surface area contributed by atoms with Crippen LogP contribution in [0, 0.1) is 11.3 Å². The summed E-state index contributed by atoms with van der Waals surface area (Å²) >= 11 is 0. The van der Waals surface area contributed by atoms with E-state index in [0.717, 1.165) is 11.3 Å². The number of nitrogens with one attached hydrogen (secondary N) is 3. The molecule has 30 heavy (non-hydrogen) atoms. The number of carbonyl (C=O) groups is 5. The summed E-state index contributed by atoms with van der Waals surface area (Å²) in [4.78, 5) is 61.3. The van der Waals surface area contributed by atoms with E-state index in [-0.39, 0.29) is 24.5 Å². The summed E-state index contributed by atoms with van der Waals surface area (Å²) in [6, 6.07) is -1.40. The summed E-state index contributed by atoms with van der Waals surface area (Å²) in [6.45, 7) is 5.29. The van der Waals surface area contributed by atoms with Crippen molar-refractivity contribution in [2.24, 2.45) is 11.3 Å². The van der Waals surface area contributed by atoms with Gasteiger partial charge < -0.3 is 20.1 Å². The van der Waals surface area contributed by atoms with Gasteiger partial charge in [-0.1, -0.05) is 20.8 Å². The molecule has 2 aliphatic rings. The number of urea groups is 2. The zero-order valence-corrected chi connectivity index (χ0v) is 17.8. The Labute approximate surface area is 175 Å². The SMILES string of the molecule is COCCNC(=O)NC(=O)COC(=O)CN1C(=O)NC2(CC(C)CC(C)(C)C2)C1=O. The fourth-order valence-electron chi connectivity index (χ4n) is 4.44. The van der Waals surface area contributed by atoms with Gasteiger partial charge in [-0.15, -0.1) is 0 Å². The van der Waals surface area contributed by atoms with E-state index < -0.39 is 48.5 Å². The van der Waals surface area contributed by atoms with Crippen LogP contribution >= 0.6 is 0 Å². The third-order valence-electron chi connectivity index (χ3n) is 5.12. The van der Waals surface area contributed by atoms with Crippen molar-refractivity contribution in [1.82, 2.24) is 20.9 Å². The van der Waals surface area contributed by atoms with Crippen molar-refractivity contribution in [2.75, 3.05) is 33.4 Å². The van der Waals surface area contributed by atoms with E-state index in [9.17, 15) is 24.0 Å². The number of rotatable bonds is 7. The van der Waals surface area contributed by atoms with Crippen LogP contribution in [0.15, 0.2) is 0 Å². The first-order valence-corrected chi connectivity index (χ1v) is 9.84. The maximum atomic E-state index is 13.0. The summed E-state index contributed by atoms with van der Waals surface area (Å²) in [5.74, 6) is -1.97. The number of methoxy groups -OCH3 is 1. The number of esters is 1. The van der Waals surface area contributed by atoms with E-state index in [4.69, 9.17) is 9.47 Å². The van der Waals surface area contributed by atoms with E-state index in [1.807, 2.05) is 26.1 Å². The second-order valence-electron chi connectivity index (χ2n) is 8.72. The number of carbonyl (C=O) groups excluding carboxylic acids is 5. The molecule has 0 bridgehead atoms. The van der Waals surface area contributed by atoms with Gasteiger partial charge in [0.1, 0.15) is 12.1 Å². The van der Waals surface area contributed by atoms with Crippen LogP contribution < -0.4 is 16.0 Å². The average Bonchev–Trinajstić information content (AvgIpc) is 2.81. The van der Waals surface area contributed by atoms with Crippen LogP contribution in [0.5, 0.6) is 0 Å². The molecular formula is C19H30N4O7. The van der Waals surface area contributed by atoms with Crippen molar-refractivity contribution >= 4 is 29.8 Å². The quantitative estimate of drug-likeness (QED) is 0.298. The van der Waals surface area contributed by atoms with Gasteiger partial charge in [0.2, 0.25) is 0 Å². The molecule has 0 aromatic carbocycles. The Hall–Kier alpha value is -2.69. The molecule has 2 fully saturated rings. The Morgan fingerprint density at radius 2 is 1.93 bits per heavy atom. The largest absolute Gasteiger partial charge is 0.454 e. The second-order valence-corrected chi connectivity index (χ2v) is 8.72. The van der Waals surface area contributed by atoms with E-state index >= 15 is 0 Å². The lowest BCUT2D eigenvalue weighted by molar-refractivity contribution is -0.151. The zero-order valence-electron chi connectivity index (χ0n) is 17.8. The number of nitrogens with zero attached hydrogens (tertiary/aromatic N) is 1. The van der Waals surface area contributed by atoms with Gasteiger partial charge in [-0.25, -0.2) is 9.59 Å². The molecule has 1 saturated heterocycles. The molecule has 1 spiro atoms. The summed E-state index contributed by atoms with van der Waals surface area (Å²) in [7, 11) is 1.47. The monoisotopic (exact) mass is 426 g/mol. The maximum Gasteiger partial charge on any atom is 0.326 e. The molecular weight excluding hydrogens is 396 g/mol. The smallest absolute Gasteiger partial charge is 0.326 e. The van der Waals surface area contributed by atoms with Gasteiger partial charge in [0.15, 0.2) is 6.61 Å². The first-order valence-electron chi connectivity index (χ1n) is 9.84. The predicted octanol–water partition coefficient (Wildman–Crippen LogP) is 0.139. The van der Waals surface area contributed by atoms with Crippen molar-refractivity contribution in [3.05, 3.63) is 0 Å². The average molecular weight is 426 g/mol. The van der Waals surface area contributed by atoms with Crippen LogP contribution in [-0.2, 0) is 23.9 Å². The zero-order chi connectivity index (χ0) is 22.5. The van der Waals surface area contributed by atoms with Crippen molar-refractivity contribution in [3.8, 4) is 0 Å². The minimum Gasteiger partial charge on any atom is -0.454 e. The molecule has 1 saturated carbocycles. The highest BCUT2D eigenvalue weighted by molar-refractivity contribution is 6.09. The summed E-state index contributed by atoms with van der Waals surface area (Å²) in [6.07, 6.45) is 1.93. The summed E-state index contributed by atoms with van der Waals surface area (Å²) < 4.78 is 9.55. The van der Waals surface area contributed by atoms with Crippen LogP contribution in [0.3, 0.4) is 0 Å². The Morgan fingerprint density at radius 3 is 2.57 bits per heavy atom. The number of hydrogen-bond acceptors (Lipinski definition) is 7. The van der Waals surface area contributed by atoms with E-state index in [1.165, 1.54) is 7.11 Å². The van der Waals surface area contributed by atoms with Crippen LogP contribution in [0.1, 0.15) is 40.0 Å². The Bertz CT molecular complexity index is 724. The van der Waals surface area contributed by atoms with Gasteiger partial charge in [-0.3, -0.25) is 24.6 Å². The maximum absolute atomic E-state index is 13.0. The number of imide groups is 2. The molecule has 168 valence electrons. The third kappa shape index (κ3) is 5.91. The number of hydrogen-bond donors (Lipinski definition) is 3. The standard InChI is InChI=1S/C19H30N4O7/c1-12-7-18(2,3)11-19(8-12)15(26)23(17(28)22-19)9-14(25)30-10-13(24)21-16(27)20-5-6-29-4/h12H,5-11H2,1-4H3,(H,22,28)(H2,20,21,24,27). The van der Waals surface area contributed by atoms with Gasteiger partial charge in [-0.05, 0) is 30.6 Å². The fraction of sp³-hybridized carbons (Fsp3) is 0.737. The highest BCUT2D eigenvalue weighted by atomic mass is 16.5. The lowest BCUT2D eigenvalue weighted by Gasteiger charge is -2.43. The molecule has 0 radical (unpaired) electrons. The van der Waals surface area contributed by atoms with Crippen molar-refractivity contribution < 1.29 is 33.4 Å². The van der Waals surface area contributed by atoms with Gasteiger partial charge in [0.05, 0.1) is 6.61 Å². The molecule has 3 N–H and O–H groups in total.